The zero-order valence-electron chi connectivity index (χ0n) is 27.6. The average molecular weight is 620 g/mol. The number of aromatic nitrogens is 1. The molecule has 240 valence electrons. The Morgan fingerprint density at radius 1 is 0.935 bits per heavy atom. The maximum Gasteiger partial charge on any atom is 0.354 e. The first-order chi connectivity index (χ1) is 22.3. The van der Waals surface area contributed by atoms with E-state index in [-0.39, 0.29) is 11.8 Å². The number of ketones is 1. The van der Waals surface area contributed by atoms with Crippen LogP contribution in [-0.4, -0.2) is 58.8 Å². The van der Waals surface area contributed by atoms with Crippen LogP contribution in [0, 0.1) is 6.92 Å². The number of ether oxygens (including phenoxy) is 1. The molecule has 0 amide bonds. The fourth-order valence-electron chi connectivity index (χ4n) is 6.86. The summed E-state index contributed by atoms with van der Waals surface area (Å²) in [6.07, 6.45) is 8.60. The van der Waals surface area contributed by atoms with E-state index in [1.54, 1.807) is 0 Å². The number of aryl methyl sites for hydroxylation is 2. The standard InChI is InChI=1S/C39H45N3O4/c1-5-42-35-19-16-29(25-32(35)33-26-30(17-20-36(33)42)37(43)31-14-10-9-11-27(31)2)34(18-15-28-12-7-6-8-13-28)40-46-38(44)39(3,4)41-21-23-45-24-22-41/h9-12,14,16-17,19-20,25-26H,5-8,13,15,18,21-24H2,1-4H3/b40-34+. The number of allylic oxidation sites excluding steroid dienone is 2. The van der Waals surface area contributed by atoms with Crippen molar-refractivity contribution >= 4 is 39.3 Å². The number of hydrogen-bond acceptors (Lipinski definition) is 6. The lowest BCUT2D eigenvalue weighted by molar-refractivity contribution is -0.159. The lowest BCUT2D eigenvalue weighted by Crippen LogP contribution is -2.54. The summed E-state index contributed by atoms with van der Waals surface area (Å²) in [5, 5.41) is 6.65. The number of nitrogens with zero attached hydrogens (tertiary/aromatic N) is 3. The molecule has 0 saturated carbocycles. The highest BCUT2D eigenvalue weighted by atomic mass is 16.7. The zero-order chi connectivity index (χ0) is 32.3. The van der Waals surface area contributed by atoms with Crippen molar-refractivity contribution in [2.24, 2.45) is 5.16 Å². The number of fused-ring (bicyclic) bond motifs is 3. The van der Waals surface area contributed by atoms with Crippen LogP contribution < -0.4 is 0 Å². The molecule has 1 aliphatic heterocycles. The van der Waals surface area contributed by atoms with Crippen molar-refractivity contribution in [3.63, 3.8) is 0 Å². The van der Waals surface area contributed by atoms with Gasteiger partial charge >= 0.3 is 5.97 Å². The Kier molecular flexibility index (Phi) is 9.52. The molecule has 0 unspecified atom stereocenters. The largest absolute Gasteiger partial charge is 0.379 e. The molecule has 0 N–H and O–H groups in total. The van der Waals surface area contributed by atoms with Gasteiger partial charge in [-0.3, -0.25) is 9.69 Å². The third-order valence-corrected chi connectivity index (χ3v) is 9.77. The Balaban J connectivity index is 1.38. The summed E-state index contributed by atoms with van der Waals surface area (Å²) in [6.45, 7) is 11.3. The van der Waals surface area contributed by atoms with Crippen molar-refractivity contribution in [1.29, 1.82) is 0 Å². The minimum atomic E-state index is -0.817. The van der Waals surface area contributed by atoms with Gasteiger partial charge in [0.2, 0.25) is 0 Å². The molecule has 46 heavy (non-hydrogen) atoms. The topological polar surface area (TPSA) is 73.1 Å². The van der Waals surface area contributed by atoms with Gasteiger partial charge in [0.05, 0.1) is 18.9 Å². The molecule has 1 aromatic heterocycles. The zero-order valence-corrected chi connectivity index (χ0v) is 27.6. The second kappa shape index (κ2) is 13.7. The molecular formula is C39H45N3O4. The third-order valence-electron chi connectivity index (χ3n) is 9.77. The van der Waals surface area contributed by atoms with Gasteiger partial charge in [-0.1, -0.05) is 47.1 Å². The molecule has 0 bridgehead atoms. The summed E-state index contributed by atoms with van der Waals surface area (Å²) in [5.41, 5.74) is 6.84. The molecule has 4 aromatic rings. The van der Waals surface area contributed by atoms with Gasteiger partial charge in [-0.25, -0.2) is 4.79 Å². The first-order valence-corrected chi connectivity index (χ1v) is 16.7. The van der Waals surface area contributed by atoms with Crippen LogP contribution in [0.1, 0.15) is 86.3 Å². The molecular weight excluding hydrogens is 574 g/mol. The van der Waals surface area contributed by atoms with Gasteiger partial charge < -0.3 is 14.1 Å². The Morgan fingerprint density at radius 2 is 1.63 bits per heavy atom. The first-order valence-electron chi connectivity index (χ1n) is 16.7. The number of benzene rings is 3. The molecule has 0 spiro atoms. The predicted octanol–water partition coefficient (Wildman–Crippen LogP) is 7.99. The number of rotatable bonds is 10. The van der Waals surface area contributed by atoms with Gasteiger partial charge in [0.1, 0.15) is 5.54 Å². The van der Waals surface area contributed by atoms with Crippen molar-refractivity contribution in [3.8, 4) is 0 Å². The first kappa shape index (κ1) is 31.9. The molecule has 6 rings (SSSR count). The summed E-state index contributed by atoms with van der Waals surface area (Å²) in [6, 6.07) is 20.1. The summed E-state index contributed by atoms with van der Waals surface area (Å²) < 4.78 is 7.78. The van der Waals surface area contributed by atoms with Crippen molar-refractivity contribution in [2.45, 2.75) is 78.3 Å². The lowest BCUT2D eigenvalue weighted by atomic mass is 9.93. The fourth-order valence-corrected chi connectivity index (χ4v) is 6.86. The summed E-state index contributed by atoms with van der Waals surface area (Å²) in [4.78, 5) is 34.9. The second-order valence-electron chi connectivity index (χ2n) is 13.0. The van der Waals surface area contributed by atoms with Gasteiger partial charge in [0.15, 0.2) is 5.78 Å². The molecule has 1 saturated heterocycles. The van der Waals surface area contributed by atoms with Gasteiger partial charge in [0, 0.05) is 58.1 Å². The van der Waals surface area contributed by atoms with E-state index in [0.717, 1.165) is 70.0 Å². The number of hydrogen-bond donors (Lipinski definition) is 0. The normalized spacial score (nSPS) is 16.5. The van der Waals surface area contributed by atoms with E-state index >= 15 is 0 Å². The van der Waals surface area contributed by atoms with Gasteiger partial charge in [-0.05, 0) is 102 Å². The van der Waals surface area contributed by atoms with Gasteiger partial charge in [-0.15, -0.1) is 0 Å². The van der Waals surface area contributed by atoms with Crippen LogP contribution in [0.5, 0.6) is 0 Å². The highest BCUT2D eigenvalue weighted by Gasteiger charge is 2.37. The molecule has 1 fully saturated rings. The minimum Gasteiger partial charge on any atom is -0.379 e. The van der Waals surface area contributed by atoms with Crippen LogP contribution in [0.25, 0.3) is 21.8 Å². The number of morpholine rings is 1. The molecule has 7 nitrogen and oxygen atoms in total. The molecule has 3 aromatic carbocycles. The predicted molar refractivity (Wildman–Crippen MR) is 185 cm³/mol. The van der Waals surface area contributed by atoms with Crippen molar-refractivity contribution in [1.82, 2.24) is 9.47 Å². The monoisotopic (exact) mass is 619 g/mol. The van der Waals surface area contributed by atoms with Gasteiger partial charge in [-0.2, -0.15) is 0 Å². The Bertz CT molecular complexity index is 1820. The van der Waals surface area contributed by atoms with Crippen molar-refractivity contribution in [3.05, 3.63) is 94.6 Å². The summed E-state index contributed by atoms with van der Waals surface area (Å²) >= 11 is 0. The third kappa shape index (κ3) is 6.44. The summed E-state index contributed by atoms with van der Waals surface area (Å²) in [7, 11) is 0. The lowest BCUT2D eigenvalue weighted by Gasteiger charge is -2.37. The average Bonchev–Trinajstić information content (AvgIpc) is 3.41. The van der Waals surface area contributed by atoms with Crippen LogP contribution >= 0.6 is 0 Å². The molecule has 1 aliphatic carbocycles. The Morgan fingerprint density at radius 3 is 2.30 bits per heavy atom. The number of carbonyl (C=O) groups is 2. The Hall–Kier alpha value is -4.07. The van der Waals surface area contributed by atoms with Crippen molar-refractivity contribution < 1.29 is 19.2 Å². The Labute approximate surface area is 271 Å². The van der Waals surface area contributed by atoms with Crippen LogP contribution in [0.3, 0.4) is 0 Å². The highest BCUT2D eigenvalue weighted by Crippen LogP contribution is 2.33. The number of carbonyl (C=O) groups excluding carboxylic acids is 2. The quantitative estimate of drug-likeness (QED) is 0.0592. The van der Waals surface area contributed by atoms with Crippen LogP contribution in [-0.2, 0) is 20.9 Å². The highest BCUT2D eigenvalue weighted by molar-refractivity contribution is 6.16. The van der Waals surface area contributed by atoms with E-state index in [2.05, 4.69) is 51.9 Å². The maximum absolute atomic E-state index is 13.6. The molecule has 0 radical (unpaired) electrons. The molecule has 2 aliphatic rings. The van der Waals surface area contributed by atoms with Crippen LogP contribution in [0.2, 0.25) is 0 Å². The fraction of sp³-hybridized carbons (Fsp3) is 0.410. The summed E-state index contributed by atoms with van der Waals surface area (Å²) in [5.74, 6) is -0.349. The second-order valence-corrected chi connectivity index (χ2v) is 13.0. The number of oxime groups is 1. The maximum atomic E-state index is 13.6. The van der Waals surface area contributed by atoms with E-state index in [1.165, 1.54) is 18.4 Å². The smallest absolute Gasteiger partial charge is 0.354 e. The molecule has 7 heteroatoms. The van der Waals surface area contributed by atoms with E-state index in [1.807, 2.05) is 57.2 Å². The SMILES string of the molecule is CCn1c2ccc(C(=O)c3ccccc3C)cc2c2cc(/C(CCC3=CCCCC3)=N/OC(=O)C(C)(C)N3CCOCC3)ccc21. The van der Waals surface area contributed by atoms with Crippen molar-refractivity contribution in [2.75, 3.05) is 26.3 Å². The van der Waals surface area contributed by atoms with E-state index in [4.69, 9.17) is 9.57 Å². The minimum absolute atomic E-state index is 0.0198. The van der Waals surface area contributed by atoms with Gasteiger partial charge in [0.25, 0.3) is 0 Å². The van der Waals surface area contributed by atoms with Crippen LogP contribution in [0.15, 0.2) is 77.5 Å². The molecule has 0 atom stereocenters. The van der Waals surface area contributed by atoms with Crippen LogP contribution in [0.4, 0.5) is 0 Å². The molecule has 2 heterocycles. The van der Waals surface area contributed by atoms with E-state index in [0.29, 0.717) is 38.3 Å². The van der Waals surface area contributed by atoms with E-state index in [9.17, 15) is 9.59 Å². The van der Waals surface area contributed by atoms with E-state index < -0.39 is 5.54 Å².